The standard InChI is InChI=1S/C22H26N2O8S/c1-5-30-21(26)18-13(3)23-17(11-33-12-32-14(4)25)20(22(27)31-6-2)19(18)15-8-7-9-16(10-15)24(28)29/h7-10,18-19H,5-6,11-12H2,1-4H3. The summed E-state index contributed by atoms with van der Waals surface area (Å²) < 4.78 is 15.4. The second-order valence-corrected chi connectivity index (χ2v) is 7.93. The number of carbonyl (C=O) groups is 3. The molecule has 1 heterocycles. The number of esters is 3. The first kappa shape index (κ1) is 26.0. The molecule has 1 aliphatic rings. The summed E-state index contributed by atoms with van der Waals surface area (Å²) in [4.78, 5) is 52.3. The molecule has 0 radical (unpaired) electrons. The fourth-order valence-corrected chi connectivity index (χ4v) is 4.23. The minimum Gasteiger partial charge on any atom is -0.465 e. The molecular weight excluding hydrogens is 452 g/mol. The molecule has 10 nitrogen and oxygen atoms in total. The van der Waals surface area contributed by atoms with E-state index in [0.717, 1.165) is 0 Å². The predicted octanol–water partition coefficient (Wildman–Crippen LogP) is 3.40. The minimum atomic E-state index is -0.964. The summed E-state index contributed by atoms with van der Waals surface area (Å²) in [5.74, 6) is -3.33. The lowest BCUT2D eigenvalue weighted by Crippen LogP contribution is -2.37. The Morgan fingerprint density at radius 3 is 2.45 bits per heavy atom. The van der Waals surface area contributed by atoms with Crippen LogP contribution < -0.4 is 0 Å². The van der Waals surface area contributed by atoms with E-state index in [2.05, 4.69) is 4.99 Å². The van der Waals surface area contributed by atoms with Crippen molar-refractivity contribution in [3.8, 4) is 0 Å². The van der Waals surface area contributed by atoms with E-state index >= 15 is 0 Å². The van der Waals surface area contributed by atoms with Crippen LogP contribution in [0.3, 0.4) is 0 Å². The summed E-state index contributed by atoms with van der Waals surface area (Å²) in [5.41, 5.74) is 1.09. The van der Waals surface area contributed by atoms with Gasteiger partial charge in [0.1, 0.15) is 11.9 Å². The van der Waals surface area contributed by atoms with E-state index in [9.17, 15) is 24.5 Å². The lowest BCUT2D eigenvalue weighted by Gasteiger charge is -2.32. The van der Waals surface area contributed by atoms with Crippen LogP contribution in [0.15, 0.2) is 40.5 Å². The summed E-state index contributed by atoms with van der Waals surface area (Å²) in [5, 5.41) is 11.4. The third-order valence-corrected chi connectivity index (χ3v) is 5.54. The first-order chi connectivity index (χ1) is 15.7. The molecule has 0 N–H and O–H groups in total. The largest absolute Gasteiger partial charge is 0.465 e. The van der Waals surface area contributed by atoms with Gasteiger partial charge in [0.25, 0.3) is 5.69 Å². The molecule has 11 heteroatoms. The van der Waals surface area contributed by atoms with Crippen LogP contribution in [0.1, 0.15) is 39.2 Å². The fraction of sp³-hybridized carbons (Fsp3) is 0.455. The van der Waals surface area contributed by atoms with Crippen molar-refractivity contribution in [2.45, 2.75) is 33.6 Å². The van der Waals surface area contributed by atoms with Gasteiger partial charge in [-0.2, -0.15) is 0 Å². The number of nitro benzene ring substituents is 1. The highest BCUT2D eigenvalue weighted by molar-refractivity contribution is 7.99. The van der Waals surface area contributed by atoms with Crippen LogP contribution in [0.25, 0.3) is 0 Å². The van der Waals surface area contributed by atoms with Crippen molar-refractivity contribution in [1.29, 1.82) is 0 Å². The predicted molar refractivity (Wildman–Crippen MR) is 122 cm³/mol. The van der Waals surface area contributed by atoms with Gasteiger partial charge >= 0.3 is 17.9 Å². The molecule has 2 atom stereocenters. The third-order valence-electron chi connectivity index (χ3n) is 4.78. The molecule has 2 unspecified atom stereocenters. The maximum Gasteiger partial charge on any atom is 0.336 e. The van der Waals surface area contributed by atoms with E-state index in [-0.39, 0.29) is 36.2 Å². The number of nitrogens with zero attached hydrogens (tertiary/aromatic N) is 2. The molecule has 0 spiro atoms. The average Bonchev–Trinajstić information content (AvgIpc) is 2.76. The van der Waals surface area contributed by atoms with Gasteiger partial charge < -0.3 is 14.2 Å². The van der Waals surface area contributed by atoms with Crippen molar-refractivity contribution >= 4 is 41.1 Å². The van der Waals surface area contributed by atoms with Crippen LogP contribution >= 0.6 is 11.8 Å². The van der Waals surface area contributed by atoms with Crippen LogP contribution in [0.2, 0.25) is 0 Å². The normalized spacial score (nSPS) is 17.8. The average molecular weight is 479 g/mol. The lowest BCUT2D eigenvalue weighted by molar-refractivity contribution is -0.384. The number of aliphatic imine (C=N–C) groups is 1. The summed E-state index contributed by atoms with van der Waals surface area (Å²) in [6.07, 6.45) is 0. The van der Waals surface area contributed by atoms with E-state index < -0.39 is 34.7 Å². The number of carbonyl (C=O) groups excluding carboxylic acids is 3. The molecule has 0 saturated heterocycles. The minimum absolute atomic E-state index is 0.0479. The van der Waals surface area contributed by atoms with Gasteiger partial charge in [-0.3, -0.25) is 24.7 Å². The highest BCUT2D eigenvalue weighted by Gasteiger charge is 2.43. The number of hydrogen-bond acceptors (Lipinski definition) is 10. The van der Waals surface area contributed by atoms with Crippen molar-refractivity contribution in [2.24, 2.45) is 10.9 Å². The van der Waals surface area contributed by atoms with Crippen LogP contribution in [0.4, 0.5) is 5.69 Å². The van der Waals surface area contributed by atoms with Gasteiger partial charge in [-0.1, -0.05) is 12.1 Å². The fourth-order valence-electron chi connectivity index (χ4n) is 3.49. The third kappa shape index (κ3) is 6.64. The maximum absolute atomic E-state index is 13.1. The summed E-state index contributed by atoms with van der Waals surface area (Å²) >= 11 is 1.21. The molecule has 1 aliphatic heterocycles. The smallest absolute Gasteiger partial charge is 0.336 e. The number of ether oxygens (including phenoxy) is 3. The highest BCUT2D eigenvalue weighted by atomic mass is 32.2. The molecule has 1 aromatic carbocycles. The first-order valence-corrected chi connectivity index (χ1v) is 11.4. The number of hydrogen-bond donors (Lipinski definition) is 0. The Kier molecular flexibility index (Phi) is 9.58. The van der Waals surface area contributed by atoms with Gasteiger partial charge in [0, 0.05) is 36.4 Å². The van der Waals surface area contributed by atoms with Crippen LogP contribution in [0, 0.1) is 16.0 Å². The number of nitro groups is 1. The number of non-ortho nitro benzene ring substituents is 1. The van der Waals surface area contributed by atoms with E-state index in [1.54, 1.807) is 26.8 Å². The summed E-state index contributed by atoms with van der Waals surface area (Å²) in [6.45, 7) is 6.45. The molecule has 0 amide bonds. The molecule has 33 heavy (non-hydrogen) atoms. The number of thioether (sulfide) groups is 1. The Labute approximate surface area is 195 Å². The molecule has 0 saturated carbocycles. The lowest BCUT2D eigenvalue weighted by atomic mass is 9.75. The Morgan fingerprint density at radius 1 is 1.15 bits per heavy atom. The van der Waals surface area contributed by atoms with Gasteiger partial charge in [0.05, 0.1) is 29.4 Å². The summed E-state index contributed by atoms with van der Waals surface area (Å²) in [6, 6.07) is 5.77. The van der Waals surface area contributed by atoms with Gasteiger partial charge in [0.15, 0.2) is 0 Å². The van der Waals surface area contributed by atoms with Crippen LogP contribution in [-0.4, -0.2) is 53.4 Å². The second-order valence-electron chi connectivity index (χ2n) is 7.00. The zero-order valence-corrected chi connectivity index (χ0v) is 19.7. The van der Waals surface area contributed by atoms with Gasteiger partial charge in [-0.05, 0) is 26.3 Å². The zero-order chi connectivity index (χ0) is 24.5. The van der Waals surface area contributed by atoms with Crippen molar-refractivity contribution in [3.63, 3.8) is 0 Å². The Morgan fingerprint density at radius 2 is 1.85 bits per heavy atom. The molecule has 2 rings (SSSR count). The topological polar surface area (TPSA) is 134 Å². The monoisotopic (exact) mass is 478 g/mol. The van der Waals surface area contributed by atoms with E-state index in [1.165, 1.54) is 36.9 Å². The van der Waals surface area contributed by atoms with Gasteiger partial charge in [-0.15, -0.1) is 11.8 Å². The number of benzene rings is 1. The van der Waals surface area contributed by atoms with Gasteiger partial charge in [0.2, 0.25) is 0 Å². The second kappa shape index (κ2) is 12.1. The molecule has 0 aliphatic carbocycles. The quantitative estimate of drug-likeness (QED) is 0.124. The van der Waals surface area contributed by atoms with Crippen molar-refractivity contribution in [1.82, 2.24) is 0 Å². The van der Waals surface area contributed by atoms with Crippen molar-refractivity contribution < 1.29 is 33.5 Å². The zero-order valence-electron chi connectivity index (χ0n) is 18.9. The van der Waals surface area contributed by atoms with Crippen molar-refractivity contribution in [3.05, 3.63) is 51.2 Å². The molecule has 0 bridgehead atoms. The highest BCUT2D eigenvalue weighted by Crippen LogP contribution is 2.41. The van der Waals surface area contributed by atoms with Crippen LogP contribution in [0.5, 0.6) is 0 Å². The first-order valence-electron chi connectivity index (χ1n) is 10.3. The van der Waals surface area contributed by atoms with Crippen LogP contribution in [-0.2, 0) is 28.6 Å². The van der Waals surface area contributed by atoms with E-state index in [1.807, 2.05) is 0 Å². The van der Waals surface area contributed by atoms with E-state index in [0.29, 0.717) is 17.0 Å². The van der Waals surface area contributed by atoms with Crippen molar-refractivity contribution in [2.75, 3.05) is 24.9 Å². The molecule has 178 valence electrons. The van der Waals surface area contributed by atoms with E-state index in [4.69, 9.17) is 14.2 Å². The number of rotatable bonds is 10. The molecule has 0 fully saturated rings. The Balaban J connectivity index is 2.64. The SMILES string of the molecule is CCOC(=O)C1=C(CSCOC(C)=O)N=C(C)C(C(=O)OCC)C1c1cccc([N+](=O)[O-])c1. The van der Waals surface area contributed by atoms with Gasteiger partial charge in [-0.25, -0.2) is 4.79 Å². The maximum atomic E-state index is 13.1. The Hall–Kier alpha value is -3.21. The molecule has 1 aromatic rings. The molecule has 0 aromatic heterocycles. The summed E-state index contributed by atoms with van der Waals surface area (Å²) in [7, 11) is 0. The Bertz CT molecular complexity index is 988. The molecular formula is C22H26N2O8S.